The van der Waals surface area contributed by atoms with Crippen molar-refractivity contribution in [2.45, 2.75) is 49.5 Å². The number of rotatable bonds is 10. The van der Waals surface area contributed by atoms with Gasteiger partial charge < -0.3 is 10.1 Å². The Hall–Kier alpha value is -3.28. The van der Waals surface area contributed by atoms with Crippen LogP contribution in [0.4, 0.5) is 5.69 Å². The Morgan fingerprint density at radius 2 is 1.86 bits per heavy atom. The quantitative estimate of drug-likeness (QED) is 0.291. The molecule has 1 N–H and O–H groups in total. The Morgan fingerprint density at radius 1 is 1.14 bits per heavy atom. The van der Waals surface area contributed by atoms with Crippen LogP contribution in [0.15, 0.2) is 64.9 Å². The lowest BCUT2D eigenvalue weighted by Gasteiger charge is -2.31. The first-order chi connectivity index (χ1) is 17.8. The third-order valence-electron chi connectivity index (χ3n) is 6.14. The van der Waals surface area contributed by atoms with Crippen molar-refractivity contribution in [3.8, 4) is 5.75 Å². The van der Waals surface area contributed by atoms with Gasteiger partial charge in [0.15, 0.2) is 0 Å². The Bertz CT molecular complexity index is 1350. The van der Waals surface area contributed by atoms with Gasteiger partial charge in [-0.15, -0.1) is 11.3 Å². The van der Waals surface area contributed by atoms with Gasteiger partial charge in [0, 0.05) is 24.7 Å². The average molecular weight is 544 g/mol. The molecule has 1 fully saturated rings. The first kappa shape index (κ1) is 26.8. The summed E-state index contributed by atoms with van der Waals surface area (Å²) in [4.78, 5) is 23.5. The maximum Gasteiger partial charge on any atom is 0.286 e. The molecule has 196 valence electrons. The fourth-order valence-electron chi connectivity index (χ4n) is 4.23. The summed E-state index contributed by atoms with van der Waals surface area (Å²) in [5.74, 6) is 0.387. The first-order valence-electron chi connectivity index (χ1n) is 12.1. The van der Waals surface area contributed by atoms with E-state index in [1.54, 1.807) is 30.3 Å². The summed E-state index contributed by atoms with van der Waals surface area (Å²) in [6.45, 7) is 2.49. The van der Waals surface area contributed by atoms with Gasteiger partial charge in [-0.1, -0.05) is 43.7 Å². The highest BCUT2D eigenvalue weighted by atomic mass is 32.2. The van der Waals surface area contributed by atoms with Crippen LogP contribution in [0.3, 0.4) is 0 Å². The average Bonchev–Trinajstić information content (AvgIpc) is 3.34. The molecule has 0 aliphatic carbocycles. The fraction of sp³-hybridized carbons (Fsp3) is 0.346. The van der Waals surface area contributed by atoms with E-state index in [1.165, 1.54) is 9.87 Å². The predicted octanol–water partition coefficient (Wildman–Crippen LogP) is 4.77. The van der Waals surface area contributed by atoms with Gasteiger partial charge in [-0.2, -0.15) is 4.31 Å². The maximum atomic E-state index is 13.3. The third-order valence-corrected chi connectivity index (χ3v) is 9.61. The Labute approximate surface area is 220 Å². The molecule has 0 unspecified atom stereocenters. The van der Waals surface area contributed by atoms with Gasteiger partial charge in [-0.3, -0.25) is 14.9 Å². The van der Waals surface area contributed by atoms with Crippen molar-refractivity contribution in [1.29, 1.82) is 0 Å². The maximum absolute atomic E-state index is 13.3. The number of nitro groups is 1. The van der Waals surface area contributed by atoms with E-state index in [9.17, 15) is 23.3 Å². The number of nitrogens with one attached hydrogen (secondary N) is 1. The van der Waals surface area contributed by atoms with E-state index in [4.69, 9.17) is 4.74 Å². The topological polar surface area (TPSA) is 119 Å². The van der Waals surface area contributed by atoms with E-state index in [1.807, 2.05) is 18.2 Å². The zero-order chi connectivity index (χ0) is 26.4. The molecule has 0 saturated carbocycles. The summed E-state index contributed by atoms with van der Waals surface area (Å²) in [5, 5.41) is 14.2. The van der Waals surface area contributed by atoms with Crippen molar-refractivity contribution in [2.75, 3.05) is 13.1 Å². The highest BCUT2D eigenvalue weighted by Gasteiger charge is 2.34. The van der Waals surface area contributed by atoms with Gasteiger partial charge >= 0.3 is 0 Å². The van der Waals surface area contributed by atoms with Crippen LogP contribution in [0.1, 0.15) is 47.0 Å². The van der Waals surface area contributed by atoms with Crippen molar-refractivity contribution in [2.24, 2.45) is 0 Å². The second-order valence-corrected chi connectivity index (χ2v) is 12.1. The molecule has 1 aliphatic heterocycles. The molecule has 4 rings (SSSR count). The Kier molecular flexibility index (Phi) is 8.57. The summed E-state index contributed by atoms with van der Waals surface area (Å²) in [5.41, 5.74) is 1.30. The summed E-state index contributed by atoms with van der Waals surface area (Å²) in [6.07, 6.45) is 2.94. The van der Waals surface area contributed by atoms with Gasteiger partial charge in [0.2, 0.25) is 0 Å². The summed E-state index contributed by atoms with van der Waals surface area (Å²) in [7, 11) is -3.92. The van der Waals surface area contributed by atoms with Gasteiger partial charge in [0.05, 0.1) is 11.5 Å². The number of piperidine rings is 1. The molecule has 11 heteroatoms. The van der Waals surface area contributed by atoms with E-state index in [0.717, 1.165) is 36.0 Å². The van der Waals surface area contributed by atoms with Crippen LogP contribution in [0.25, 0.3) is 0 Å². The number of thiophene rings is 1. The molecule has 37 heavy (non-hydrogen) atoms. The largest absolute Gasteiger partial charge is 0.490 e. The minimum Gasteiger partial charge on any atom is -0.490 e. The minimum atomic E-state index is -3.92. The Morgan fingerprint density at radius 3 is 2.54 bits per heavy atom. The van der Waals surface area contributed by atoms with Crippen LogP contribution in [-0.4, -0.2) is 42.7 Å². The number of hydrogen-bond donors (Lipinski definition) is 1. The van der Waals surface area contributed by atoms with Gasteiger partial charge in [-0.25, -0.2) is 8.42 Å². The lowest BCUT2D eigenvalue weighted by atomic mass is 10.1. The highest BCUT2D eigenvalue weighted by Crippen LogP contribution is 2.35. The van der Waals surface area contributed by atoms with Crippen LogP contribution in [0.5, 0.6) is 5.75 Å². The Balaban J connectivity index is 1.41. The van der Waals surface area contributed by atoms with Gasteiger partial charge in [-0.05, 0) is 49.1 Å². The number of hydrogen-bond acceptors (Lipinski definition) is 7. The molecule has 9 nitrogen and oxygen atoms in total. The normalized spacial score (nSPS) is 14.8. The molecule has 1 aromatic heterocycles. The monoisotopic (exact) mass is 543 g/mol. The number of nitrogens with zero attached hydrogens (tertiary/aromatic N) is 2. The number of carbonyl (C=O) groups excluding carboxylic acids is 1. The van der Waals surface area contributed by atoms with E-state index in [-0.39, 0.29) is 40.5 Å². The van der Waals surface area contributed by atoms with Crippen molar-refractivity contribution >= 4 is 33.0 Å². The zero-order valence-corrected chi connectivity index (χ0v) is 22.1. The third kappa shape index (κ3) is 6.54. The van der Waals surface area contributed by atoms with Crippen molar-refractivity contribution in [3.05, 3.63) is 86.8 Å². The van der Waals surface area contributed by atoms with E-state index in [2.05, 4.69) is 18.3 Å². The zero-order valence-electron chi connectivity index (χ0n) is 20.5. The SMILES string of the molecule is CCCc1cccc(OC2CCN(S(=O)(=O)c3cc([N+](=O)[O-])c(CNC(=O)c4ccccc4)s3)CC2)c1. The molecule has 0 radical (unpaired) electrons. The lowest BCUT2D eigenvalue weighted by Crippen LogP contribution is -2.41. The molecule has 1 saturated heterocycles. The van der Waals surface area contributed by atoms with Crippen LogP contribution in [0.2, 0.25) is 0 Å². The highest BCUT2D eigenvalue weighted by molar-refractivity contribution is 7.91. The molecule has 2 heterocycles. The number of benzene rings is 2. The van der Waals surface area contributed by atoms with Crippen LogP contribution >= 0.6 is 11.3 Å². The molecule has 3 aromatic rings. The van der Waals surface area contributed by atoms with Crippen molar-refractivity contribution < 1.29 is 22.9 Å². The number of sulfonamides is 1. The summed E-state index contributed by atoms with van der Waals surface area (Å²) >= 11 is 0.818. The van der Waals surface area contributed by atoms with Crippen molar-refractivity contribution in [1.82, 2.24) is 9.62 Å². The van der Waals surface area contributed by atoms with E-state index >= 15 is 0 Å². The first-order valence-corrected chi connectivity index (χ1v) is 14.4. The molecule has 0 bridgehead atoms. The standard InChI is InChI=1S/C26H29N3O6S2/c1-2-7-19-8-6-11-22(16-19)35-21-12-14-28(15-13-21)37(33,34)25-17-23(29(31)32)24(36-25)18-27-26(30)20-9-4-3-5-10-20/h3-6,8-11,16-17,21H,2,7,12-15,18H2,1H3,(H,27,30). The molecule has 1 amide bonds. The van der Waals surface area contributed by atoms with E-state index in [0.29, 0.717) is 18.4 Å². The number of aryl methyl sites for hydroxylation is 1. The fourth-order valence-corrected chi connectivity index (χ4v) is 7.27. The van der Waals surface area contributed by atoms with Crippen LogP contribution in [0, 0.1) is 10.1 Å². The number of amides is 1. The number of carbonyl (C=O) groups is 1. The molecule has 1 aliphatic rings. The smallest absolute Gasteiger partial charge is 0.286 e. The second kappa shape index (κ2) is 11.8. The van der Waals surface area contributed by atoms with Crippen LogP contribution in [-0.2, 0) is 23.0 Å². The molecule has 0 atom stereocenters. The molecular formula is C26H29N3O6S2. The molecular weight excluding hydrogens is 514 g/mol. The van der Waals surface area contributed by atoms with Gasteiger partial charge in [0.1, 0.15) is 20.9 Å². The van der Waals surface area contributed by atoms with Crippen molar-refractivity contribution in [3.63, 3.8) is 0 Å². The summed E-state index contributed by atoms with van der Waals surface area (Å²) < 4.78 is 34.0. The van der Waals surface area contributed by atoms with Gasteiger partial charge in [0.25, 0.3) is 21.6 Å². The molecule has 0 spiro atoms. The minimum absolute atomic E-state index is 0.102. The molecule has 2 aromatic carbocycles. The lowest BCUT2D eigenvalue weighted by molar-refractivity contribution is -0.385. The van der Waals surface area contributed by atoms with E-state index < -0.39 is 20.9 Å². The predicted molar refractivity (Wildman–Crippen MR) is 141 cm³/mol. The number of ether oxygens (including phenoxy) is 1. The second-order valence-electron chi connectivity index (χ2n) is 8.80. The summed E-state index contributed by atoms with van der Waals surface area (Å²) in [6, 6.07) is 17.5. The van der Waals surface area contributed by atoms with Crippen LogP contribution < -0.4 is 10.1 Å².